The largest absolute Gasteiger partial charge is 0.345 e. The Morgan fingerprint density at radius 3 is 2.55 bits per heavy atom. The molecule has 0 unspecified atom stereocenters. The molecule has 238 valence electrons. The molecule has 0 aliphatic carbocycles. The van der Waals surface area contributed by atoms with E-state index in [1.54, 1.807) is 48.4 Å². The van der Waals surface area contributed by atoms with Crippen LogP contribution in [0.4, 0.5) is 14.6 Å². The van der Waals surface area contributed by atoms with E-state index in [0.717, 1.165) is 11.5 Å². The zero-order valence-electron chi connectivity index (χ0n) is 24.9. The molecule has 6 aromatic rings. The summed E-state index contributed by atoms with van der Waals surface area (Å²) in [6, 6.07) is 13.1. The van der Waals surface area contributed by atoms with Gasteiger partial charge in [0.25, 0.3) is 11.8 Å². The standard InChI is InChI=1S/C32H25ClF2N8O3S/c1-17(44)16-42-28(18(2)22-12-20(34)5-7-24(22)33)29(40-31(45)27-23-13-21(35)6-8-25(23)47-41-27)39-30(42)32(46)37-15-19-4-9-26(36-14-19)43-11-3-10-38-43/h3-14,18H,15-16H2,1-2H3,(H,37,46)(H,40,45)/t18-/m0/s1. The second kappa shape index (κ2) is 13.2. The van der Waals surface area contributed by atoms with Crippen LogP contribution in [-0.4, -0.2) is 46.3 Å². The number of aromatic nitrogens is 6. The molecular formula is C32H25ClF2N8O3S. The highest BCUT2D eigenvalue weighted by atomic mass is 35.5. The van der Waals surface area contributed by atoms with Gasteiger partial charge in [0, 0.05) is 41.5 Å². The zero-order chi connectivity index (χ0) is 33.2. The van der Waals surface area contributed by atoms with Crippen molar-refractivity contribution in [3.05, 3.63) is 118 Å². The summed E-state index contributed by atoms with van der Waals surface area (Å²) in [5, 5.41) is 10.1. The molecule has 2 aromatic carbocycles. The molecule has 4 heterocycles. The maximum atomic E-state index is 14.4. The Morgan fingerprint density at radius 1 is 1.04 bits per heavy atom. The van der Waals surface area contributed by atoms with Crippen LogP contribution in [0.3, 0.4) is 0 Å². The quantitative estimate of drug-likeness (QED) is 0.184. The fourth-order valence-electron chi connectivity index (χ4n) is 5.11. The number of hydrogen-bond acceptors (Lipinski definition) is 8. The van der Waals surface area contributed by atoms with Crippen molar-refractivity contribution in [2.45, 2.75) is 32.9 Å². The number of benzene rings is 2. The maximum Gasteiger partial charge on any atom is 0.287 e. The Morgan fingerprint density at radius 2 is 1.83 bits per heavy atom. The van der Waals surface area contributed by atoms with Crippen LogP contribution in [0.1, 0.15) is 57.7 Å². The summed E-state index contributed by atoms with van der Waals surface area (Å²) in [4.78, 5) is 48.6. The van der Waals surface area contributed by atoms with Crippen LogP contribution in [0.15, 0.2) is 73.2 Å². The number of nitrogens with zero attached hydrogens (tertiary/aromatic N) is 6. The first-order chi connectivity index (χ1) is 22.6. The second-order valence-electron chi connectivity index (χ2n) is 10.6. The van der Waals surface area contributed by atoms with Crippen molar-refractivity contribution in [2.75, 3.05) is 5.32 Å². The maximum absolute atomic E-state index is 14.4. The third-order valence-electron chi connectivity index (χ3n) is 7.31. The number of rotatable bonds is 10. The van der Waals surface area contributed by atoms with E-state index in [4.69, 9.17) is 11.6 Å². The van der Waals surface area contributed by atoms with E-state index in [2.05, 4.69) is 30.1 Å². The number of fused-ring (bicyclic) bond motifs is 1. The van der Waals surface area contributed by atoms with E-state index in [1.165, 1.54) is 47.9 Å². The first-order valence-corrected chi connectivity index (χ1v) is 15.4. The van der Waals surface area contributed by atoms with Crippen LogP contribution in [-0.2, 0) is 17.9 Å². The fourth-order valence-corrected chi connectivity index (χ4v) is 6.14. The second-order valence-corrected chi connectivity index (χ2v) is 11.8. The van der Waals surface area contributed by atoms with Gasteiger partial charge in [-0.25, -0.2) is 23.4 Å². The van der Waals surface area contributed by atoms with Crippen molar-refractivity contribution in [3.63, 3.8) is 0 Å². The molecule has 0 radical (unpaired) electrons. The van der Waals surface area contributed by atoms with Gasteiger partial charge in [0.05, 0.1) is 16.9 Å². The lowest BCUT2D eigenvalue weighted by atomic mass is 9.96. The van der Waals surface area contributed by atoms with Crippen LogP contribution >= 0.6 is 23.1 Å². The molecule has 11 nitrogen and oxygen atoms in total. The number of anilines is 1. The van der Waals surface area contributed by atoms with Crippen LogP contribution < -0.4 is 10.6 Å². The molecule has 4 aromatic heterocycles. The number of nitrogens with one attached hydrogen (secondary N) is 2. The number of ketones is 1. The third kappa shape index (κ3) is 6.64. The highest BCUT2D eigenvalue weighted by Crippen LogP contribution is 2.36. The minimum Gasteiger partial charge on any atom is -0.345 e. The number of carbonyl (C=O) groups is 3. The van der Waals surface area contributed by atoms with Gasteiger partial charge in [-0.1, -0.05) is 24.6 Å². The lowest BCUT2D eigenvalue weighted by Crippen LogP contribution is -2.28. The van der Waals surface area contributed by atoms with Crippen LogP contribution in [0.25, 0.3) is 15.9 Å². The average molecular weight is 675 g/mol. The summed E-state index contributed by atoms with van der Waals surface area (Å²) < 4.78 is 36.2. The molecular weight excluding hydrogens is 650 g/mol. The first-order valence-electron chi connectivity index (χ1n) is 14.2. The molecule has 47 heavy (non-hydrogen) atoms. The Kier molecular flexibility index (Phi) is 8.87. The molecule has 15 heteroatoms. The van der Waals surface area contributed by atoms with Crippen molar-refractivity contribution >= 4 is 56.6 Å². The van der Waals surface area contributed by atoms with Crippen LogP contribution in [0.2, 0.25) is 5.02 Å². The van der Waals surface area contributed by atoms with Gasteiger partial charge in [0.2, 0.25) is 5.82 Å². The molecule has 1 atom stereocenters. The van der Waals surface area contributed by atoms with Crippen LogP contribution in [0, 0.1) is 11.6 Å². The summed E-state index contributed by atoms with van der Waals surface area (Å²) in [7, 11) is 0. The van der Waals surface area contributed by atoms with E-state index < -0.39 is 29.4 Å². The van der Waals surface area contributed by atoms with Gasteiger partial charge in [0.15, 0.2) is 11.6 Å². The lowest BCUT2D eigenvalue weighted by Gasteiger charge is -2.19. The van der Waals surface area contributed by atoms with E-state index in [1.807, 2.05) is 0 Å². The zero-order valence-corrected chi connectivity index (χ0v) is 26.4. The molecule has 0 spiro atoms. The Hall–Kier alpha value is -5.34. The summed E-state index contributed by atoms with van der Waals surface area (Å²) in [5.74, 6) is -3.20. The van der Waals surface area contributed by atoms with Crippen molar-refractivity contribution < 1.29 is 23.2 Å². The summed E-state index contributed by atoms with van der Waals surface area (Å²) in [6.07, 6.45) is 4.97. The molecule has 0 aliphatic heterocycles. The molecule has 0 aliphatic rings. The van der Waals surface area contributed by atoms with Crippen molar-refractivity contribution in [1.29, 1.82) is 0 Å². The SMILES string of the molecule is CC(=O)Cn1c(C(=O)NCc2ccc(-n3cccn3)nc2)nc(NC(=O)c2nsc3ccc(F)cc23)c1[C@@H](C)c1cc(F)ccc1Cl. The van der Waals surface area contributed by atoms with E-state index >= 15 is 0 Å². The van der Waals surface area contributed by atoms with Gasteiger partial charge >= 0.3 is 0 Å². The Bertz CT molecular complexity index is 2130. The normalized spacial score (nSPS) is 11.9. The number of pyridine rings is 1. The lowest BCUT2D eigenvalue weighted by molar-refractivity contribution is -0.117. The highest BCUT2D eigenvalue weighted by Gasteiger charge is 2.30. The van der Waals surface area contributed by atoms with Crippen molar-refractivity contribution in [2.24, 2.45) is 0 Å². The van der Waals surface area contributed by atoms with Crippen LogP contribution in [0.5, 0.6) is 0 Å². The molecule has 0 bridgehead atoms. The topological polar surface area (TPSA) is 137 Å². The molecule has 2 N–H and O–H groups in total. The fraction of sp³-hybridized carbons (Fsp3) is 0.156. The smallest absolute Gasteiger partial charge is 0.287 e. The van der Waals surface area contributed by atoms with E-state index in [0.29, 0.717) is 27.0 Å². The average Bonchev–Trinajstić information content (AvgIpc) is 3.80. The summed E-state index contributed by atoms with van der Waals surface area (Å²) in [5.41, 5.74) is 1.19. The number of Topliss-reactive ketones (excluding diaryl/α,β-unsaturated/α-hetero) is 1. The van der Waals surface area contributed by atoms with Gasteiger partial charge in [-0.3, -0.25) is 14.4 Å². The number of halogens is 3. The number of amides is 2. The minimum absolute atomic E-state index is 0.0509. The van der Waals surface area contributed by atoms with Gasteiger partial charge in [-0.05, 0) is 78.1 Å². The predicted octanol–water partition coefficient (Wildman–Crippen LogP) is 5.93. The first kappa shape index (κ1) is 31.6. The van der Waals surface area contributed by atoms with Crippen molar-refractivity contribution in [3.8, 4) is 5.82 Å². The number of imidazole rings is 1. The minimum atomic E-state index is -0.759. The van der Waals surface area contributed by atoms with Gasteiger partial charge in [-0.2, -0.15) is 9.47 Å². The van der Waals surface area contributed by atoms with Gasteiger partial charge < -0.3 is 15.2 Å². The van der Waals surface area contributed by atoms with E-state index in [-0.39, 0.29) is 46.9 Å². The third-order valence-corrected chi connectivity index (χ3v) is 8.48. The Balaban J connectivity index is 1.37. The molecule has 0 saturated heterocycles. The van der Waals surface area contributed by atoms with Crippen molar-refractivity contribution in [1.82, 2.24) is 34.0 Å². The summed E-state index contributed by atoms with van der Waals surface area (Å²) >= 11 is 7.48. The van der Waals surface area contributed by atoms with Gasteiger partial charge in [-0.15, -0.1) is 0 Å². The number of hydrogen-bond donors (Lipinski definition) is 2. The van der Waals surface area contributed by atoms with E-state index in [9.17, 15) is 23.2 Å². The summed E-state index contributed by atoms with van der Waals surface area (Å²) in [6.45, 7) is 2.80. The number of carbonyl (C=O) groups excluding carboxylic acids is 3. The molecule has 0 saturated carbocycles. The monoisotopic (exact) mass is 674 g/mol. The predicted molar refractivity (Wildman–Crippen MR) is 172 cm³/mol. The molecule has 0 fully saturated rings. The highest BCUT2D eigenvalue weighted by molar-refractivity contribution is 7.13. The molecule has 2 amide bonds. The van der Waals surface area contributed by atoms with Gasteiger partial charge in [0.1, 0.15) is 23.1 Å². The Labute approximate surface area is 275 Å². The molecule has 6 rings (SSSR count).